The second-order valence-electron chi connectivity index (χ2n) is 6.31. The van der Waals surface area contributed by atoms with Crippen molar-refractivity contribution in [3.8, 4) is 0 Å². The van der Waals surface area contributed by atoms with Gasteiger partial charge in [-0.2, -0.15) is 0 Å². The van der Waals surface area contributed by atoms with Crippen LogP contribution in [0.15, 0.2) is 41.6 Å². The summed E-state index contributed by atoms with van der Waals surface area (Å²) in [5.74, 6) is -1.28. The summed E-state index contributed by atoms with van der Waals surface area (Å²) in [5, 5.41) is 5.08. The van der Waals surface area contributed by atoms with Gasteiger partial charge in [-0.1, -0.05) is 59.9 Å². The predicted octanol–water partition coefficient (Wildman–Crippen LogP) is 5.10. The lowest BCUT2D eigenvalue weighted by Gasteiger charge is -2.17. The second-order valence-corrected chi connectivity index (χ2v) is 7.56. The average molecular weight is 426 g/mol. The molecule has 1 aliphatic heterocycles. The first-order valence-corrected chi connectivity index (χ1v) is 9.26. The highest BCUT2D eigenvalue weighted by molar-refractivity contribution is 6.54. The number of carbonyl (C=O) groups is 2. The molecule has 1 heterocycles. The van der Waals surface area contributed by atoms with Crippen LogP contribution in [0.4, 0.5) is 5.69 Å². The maximum absolute atomic E-state index is 12.9. The third-order valence-electron chi connectivity index (χ3n) is 3.98. The molecule has 3 rings (SSSR count). The molecule has 0 aromatic heterocycles. The van der Waals surface area contributed by atoms with E-state index in [2.05, 4.69) is 5.16 Å². The molecule has 2 aromatic carbocycles. The van der Waals surface area contributed by atoms with Crippen molar-refractivity contribution < 1.29 is 14.4 Å². The number of anilines is 1. The number of benzene rings is 2. The summed E-state index contributed by atoms with van der Waals surface area (Å²) in [6.07, 6.45) is 0. The topological polar surface area (TPSA) is 59.0 Å². The quantitative estimate of drug-likeness (QED) is 0.506. The van der Waals surface area contributed by atoms with Crippen molar-refractivity contribution in [1.29, 1.82) is 0 Å². The Morgan fingerprint density at radius 1 is 1.11 bits per heavy atom. The highest BCUT2D eigenvalue weighted by Crippen LogP contribution is 2.34. The lowest BCUT2D eigenvalue weighted by Crippen LogP contribution is -2.30. The number of hydrogen-bond acceptors (Lipinski definition) is 4. The smallest absolute Gasteiger partial charge is 0.317 e. The molecule has 0 fully saturated rings. The Morgan fingerprint density at radius 2 is 1.85 bits per heavy atom. The monoisotopic (exact) mass is 424 g/mol. The summed E-state index contributed by atoms with van der Waals surface area (Å²) in [5.41, 5.74) is 1.94. The van der Waals surface area contributed by atoms with Gasteiger partial charge in [0, 0.05) is 10.6 Å². The van der Waals surface area contributed by atoms with Crippen molar-refractivity contribution in [3.63, 3.8) is 0 Å². The van der Waals surface area contributed by atoms with Gasteiger partial charge in [-0.15, -0.1) is 0 Å². The third kappa shape index (κ3) is 4.10. The van der Waals surface area contributed by atoms with Crippen LogP contribution in [-0.4, -0.2) is 17.6 Å². The molecule has 140 valence electrons. The maximum atomic E-state index is 12.9. The van der Waals surface area contributed by atoms with Crippen molar-refractivity contribution in [2.24, 2.45) is 11.1 Å². The molecule has 0 aliphatic carbocycles. The van der Waals surface area contributed by atoms with Gasteiger partial charge in [-0.3, -0.25) is 4.79 Å². The number of fused-ring (bicyclic) bond motifs is 1. The van der Waals surface area contributed by atoms with Gasteiger partial charge in [0.15, 0.2) is 5.71 Å². The van der Waals surface area contributed by atoms with E-state index in [0.29, 0.717) is 26.3 Å². The summed E-state index contributed by atoms with van der Waals surface area (Å²) < 4.78 is 0. The first-order chi connectivity index (χ1) is 12.8. The van der Waals surface area contributed by atoms with Gasteiger partial charge in [-0.05, 0) is 35.9 Å². The molecule has 2 aromatic rings. The van der Waals surface area contributed by atoms with Crippen LogP contribution in [0.2, 0.25) is 15.1 Å². The van der Waals surface area contributed by atoms with E-state index in [0.717, 1.165) is 5.56 Å². The number of amides is 1. The zero-order valence-electron chi connectivity index (χ0n) is 14.5. The first-order valence-electron chi connectivity index (χ1n) is 8.12. The van der Waals surface area contributed by atoms with E-state index in [1.807, 2.05) is 0 Å². The van der Waals surface area contributed by atoms with Crippen LogP contribution in [0.1, 0.15) is 25.0 Å². The molecule has 0 spiro atoms. The van der Waals surface area contributed by atoms with E-state index < -0.39 is 11.9 Å². The molecule has 27 heavy (non-hydrogen) atoms. The predicted molar refractivity (Wildman–Crippen MR) is 107 cm³/mol. The van der Waals surface area contributed by atoms with Crippen molar-refractivity contribution in [1.82, 2.24) is 0 Å². The largest absolute Gasteiger partial charge is 0.337 e. The molecular weight excluding hydrogens is 411 g/mol. The van der Waals surface area contributed by atoms with E-state index in [9.17, 15) is 9.59 Å². The Morgan fingerprint density at radius 3 is 2.52 bits per heavy atom. The zero-order chi connectivity index (χ0) is 19.7. The molecule has 8 heteroatoms. The third-order valence-corrected chi connectivity index (χ3v) is 4.95. The molecule has 0 saturated carbocycles. The molecule has 5 nitrogen and oxygen atoms in total. The standard InChI is InChI=1S/C19H15Cl3N2O3/c1-10(2)19(26)27-23-17-13-8-12(20)4-6-16(13)24(18(17)25)9-11-3-5-14(21)15(22)7-11/h3-8,10H,9H2,1-2H3. The molecule has 1 amide bonds. The van der Waals surface area contributed by atoms with Gasteiger partial charge < -0.3 is 9.74 Å². The van der Waals surface area contributed by atoms with Gasteiger partial charge in [0.05, 0.1) is 28.2 Å². The normalized spacial score (nSPS) is 14.8. The Kier molecular flexibility index (Phi) is 5.75. The van der Waals surface area contributed by atoms with E-state index >= 15 is 0 Å². The molecule has 0 N–H and O–H groups in total. The number of carbonyl (C=O) groups excluding carboxylic acids is 2. The highest BCUT2D eigenvalue weighted by atomic mass is 35.5. The van der Waals surface area contributed by atoms with Gasteiger partial charge in [-0.25, -0.2) is 4.79 Å². The average Bonchev–Trinajstić information content (AvgIpc) is 2.87. The lowest BCUT2D eigenvalue weighted by molar-refractivity contribution is -0.147. The van der Waals surface area contributed by atoms with Crippen LogP contribution >= 0.6 is 34.8 Å². The van der Waals surface area contributed by atoms with Crippen molar-refractivity contribution in [2.45, 2.75) is 20.4 Å². The Labute approximate surface area is 171 Å². The summed E-state index contributed by atoms with van der Waals surface area (Å²) in [4.78, 5) is 31.1. The van der Waals surface area contributed by atoms with E-state index in [-0.39, 0.29) is 18.2 Å². The Hall–Kier alpha value is -2.08. The molecule has 0 unspecified atom stereocenters. The minimum absolute atomic E-state index is 0.0292. The Balaban J connectivity index is 1.96. The van der Waals surface area contributed by atoms with Gasteiger partial charge in [0.25, 0.3) is 5.91 Å². The summed E-state index contributed by atoms with van der Waals surface area (Å²) in [6, 6.07) is 10.2. The van der Waals surface area contributed by atoms with Crippen molar-refractivity contribution in [3.05, 3.63) is 62.6 Å². The van der Waals surface area contributed by atoms with Gasteiger partial charge >= 0.3 is 5.97 Å². The number of hydrogen-bond donors (Lipinski definition) is 0. The SMILES string of the molecule is CC(C)C(=O)ON=C1C(=O)N(Cc2ccc(Cl)c(Cl)c2)c2ccc(Cl)cc21. The van der Waals surface area contributed by atoms with Gasteiger partial charge in [0.1, 0.15) is 0 Å². The van der Waals surface area contributed by atoms with Crippen LogP contribution in [0.25, 0.3) is 0 Å². The van der Waals surface area contributed by atoms with E-state index in [1.54, 1.807) is 50.2 Å². The lowest BCUT2D eigenvalue weighted by atomic mass is 10.1. The van der Waals surface area contributed by atoms with Gasteiger partial charge in [0.2, 0.25) is 0 Å². The number of oxime groups is 1. The number of nitrogens with zero attached hydrogens (tertiary/aromatic N) is 2. The van der Waals surface area contributed by atoms with E-state index in [4.69, 9.17) is 39.6 Å². The molecule has 0 bridgehead atoms. The molecule has 0 saturated heterocycles. The Bertz CT molecular complexity index is 957. The number of rotatable bonds is 4. The second kappa shape index (κ2) is 7.89. The van der Waals surface area contributed by atoms with Crippen LogP contribution in [0.3, 0.4) is 0 Å². The fourth-order valence-electron chi connectivity index (χ4n) is 2.55. The summed E-state index contributed by atoms with van der Waals surface area (Å²) >= 11 is 18.1. The fraction of sp³-hybridized carbons (Fsp3) is 0.211. The van der Waals surface area contributed by atoms with Crippen molar-refractivity contribution >= 4 is 58.1 Å². The van der Waals surface area contributed by atoms with E-state index in [1.165, 1.54) is 4.90 Å². The van der Waals surface area contributed by atoms with Crippen LogP contribution in [0.5, 0.6) is 0 Å². The zero-order valence-corrected chi connectivity index (χ0v) is 16.8. The molecule has 1 aliphatic rings. The number of halogens is 3. The molecule has 0 radical (unpaired) electrons. The first kappa shape index (κ1) is 19.7. The van der Waals surface area contributed by atoms with Crippen molar-refractivity contribution in [2.75, 3.05) is 4.90 Å². The highest BCUT2D eigenvalue weighted by Gasteiger charge is 2.35. The van der Waals surface area contributed by atoms with Crippen LogP contribution in [0, 0.1) is 5.92 Å². The van der Waals surface area contributed by atoms with Crippen LogP contribution < -0.4 is 4.90 Å². The molecular formula is C19H15Cl3N2O3. The molecule has 0 atom stereocenters. The fourth-order valence-corrected chi connectivity index (χ4v) is 3.04. The minimum atomic E-state index is -0.526. The maximum Gasteiger partial charge on any atom is 0.337 e. The minimum Gasteiger partial charge on any atom is -0.317 e. The summed E-state index contributed by atoms with van der Waals surface area (Å²) in [7, 11) is 0. The summed E-state index contributed by atoms with van der Waals surface area (Å²) in [6.45, 7) is 3.61. The van der Waals surface area contributed by atoms with Crippen LogP contribution in [-0.2, 0) is 21.0 Å².